The predicted octanol–water partition coefficient (Wildman–Crippen LogP) is 0.624. The van der Waals surface area contributed by atoms with Crippen LogP contribution in [0.3, 0.4) is 0 Å². The molecule has 0 bridgehead atoms. The van der Waals surface area contributed by atoms with Gasteiger partial charge in [0.1, 0.15) is 12.4 Å². The van der Waals surface area contributed by atoms with Gasteiger partial charge in [-0.25, -0.2) is 4.79 Å². The van der Waals surface area contributed by atoms with Crippen LogP contribution in [-0.2, 0) is 34.6 Å². The molecule has 0 saturated carbocycles. The number of hydrogen-bond donors (Lipinski definition) is 1. The minimum absolute atomic E-state index is 0.0272. The van der Waals surface area contributed by atoms with E-state index in [2.05, 4.69) is 9.78 Å². The maximum atomic E-state index is 12.0. The van der Waals surface area contributed by atoms with Gasteiger partial charge in [0.15, 0.2) is 0 Å². The maximum absolute atomic E-state index is 12.0. The molecule has 0 amide bonds. The van der Waals surface area contributed by atoms with Crippen LogP contribution in [0.1, 0.15) is 5.56 Å². The summed E-state index contributed by atoms with van der Waals surface area (Å²) >= 11 is 0. The van der Waals surface area contributed by atoms with Crippen molar-refractivity contribution in [2.24, 2.45) is 0 Å². The monoisotopic (exact) mass is 330 g/mol. The highest BCUT2D eigenvalue weighted by Crippen LogP contribution is 2.27. The lowest BCUT2D eigenvalue weighted by molar-refractivity contribution is -0.303. The third-order valence-corrected chi connectivity index (χ3v) is 2.82. The molecule has 1 rings (SSSR count). The van der Waals surface area contributed by atoms with Crippen LogP contribution in [0.25, 0.3) is 0 Å². The van der Waals surface area contributed by atoms with Gasteiger partial charge < -0.3 is 24.1 Å². The normalized spacial score (nSPS) is 13.4. The summed E-state index contributed by atoms with van der Waals surface area (Å²) in [6.45, 7) is 0.892. The number of ether oxygens (including phenoxy) is 4. The van der Waals surface area contributed by atoms with E-state index in [4.69, 9.17) is 18.9 Å². The van der Waals surface area contributed by atoms with Crippen LogP contribution in [0.15, 0.2) is 24.3 Å². The molecule has 1 aromatic rings. The molecular weight excluding hydrogens is 308 g/mol. The molecule has 130 valence electrons. The zero-order valence-electron chi connectivity index (χ0n) is 13.4. The number of hydrogen-bond acceptors (Lipinski definition) is 8. The van der Waals surface area contributed by atoms with Gasteiger partial charge in [-0.15, -0.1) is 0 Å². The Morgan fingerprint density at radius 3 is 2.43 bits per heavy atom. The second-order valence-electron chi connectivity index (χ2n) is 4.39. The Bertz CT molecular complexity index is 478. The highest BCUT2D eigenvalue weighted by molar-refractivity contribution is 5.79. The van der Waals surface area contributed by atoms with Gasteiger partial charge in [-0.2, -0.15) is 4.89 Å². The first-order valence-electron chi connectivity index (χ1n) is 6.91. The number of methoxy groups -OCH3 is 2. The van der Waals surface area contributed by atoms with Crippen molar-refractivity contribution >= 4 is 5.97 Å². The lowest BCUT2D eigenvalue weighted by Crippen LogP contribution is -2.41. The van der Waals surface area contributed by atoms with Gasteiger partial charge in [-0.1, -0.05) is 12.1 Å². The van der Waals surface area contributed by atoms with E-state index in [0.717, 1.165) is 7.11 Å². The summed E-state index contributed by atoms with van der Waals surface area (Å²) in [6, 6.07) is 6.27. The van der Waals surface area contributed by atoms with Crippen LogP contribution in [0.4, 0.5) is 0 Å². The van der Waals surface area contributed by atoms with E-state index in [1.807, 2.05) is 0 Å². The fourth-order valence-electron chi connectivity index (χ4n) is 1.70. The third-order valence-electron chi connectivity index (χ3n) is 2.82. The first-order chi connectivity index (χ1) is 11.1. The smallest absolute Gasteiger partial charge is 0.406 e. The number of benzene rings is 1. The molecular formula is C15H22O8. The molecule has 0 aromatic heterocycles. The molecule has 1 N–H and O–H groups in total. The number of rotatable bonds is 11. The van der Waals surface area contributed by atoms with Crippen molar-refractivity contribution in [2.45, 2.75) is 5.79 Å². The summed E-state index contributed by atoms with van der Waals surface area (Å²) < 4.78 is 20.4. The molecule has 0 radical (unpaired) electrons. The van der Waals surface area contributed by atoms with E-state index in [1.165, 1.54) is 19.2 Å². The fraction of sp³-hybridized carbons (Fsp3) is 0.533. The molecule has 0 spiro atoms. The first kappa shape index (κ1) is 19.3. The Kier molecular flexibility index (Phi) is 8.52. The molecule has 1 atom stereocenters. The average molecular weight is 330 g/mol. The SMILES string of the molecule is COCCOc1cccc(C(O)(OCCOC)C(=O)OOC)c1. The number of carbonyl (C=O) groups is 1. The Balaban J connectivity index is 2.95. The van der Waals surface area contributed by atoms with Crippen LogP contribution in [0, 0.1) is 0 Å². The van der Waals surface area contributed by atoms with E-state index in [0.29, 0.717) is 19.0 Å². The highest BCUT2D eigenvalue weighted by atomic mass is 17.2. The maximum Gasteiger partial charge on any atom is 0.406 e. The highest BCUT2D eigenvalue weighted by Gasteiger charge is 2.42. The Morgan fingerprint density at radius 1 is 1.09 bits per heavy atom. The second-order valence-corrected chi connectivity index (χ2v) is 4.39. The molecule has 0 saturated heterocycles. The lowest BCUT2D eigenvalue weighted by atomic mass is 10.1. The van der Waals surface area contributed by atoms with Gasteiger partial charge in [-0.3, -0.25) is 4.89 Å². The zero-order valence-corrected chi connectivity index (χ0v) is 13.4. The molecule has 1 unspecified atom stereocenters. The standard InChI is InChI=1S/C15H22O8/c1-18-7-9-21-13-6-4-5-12(11-13)15(17,14(16)23-20-3)22-10-8-19-2/h4-6,11,17H,7-10H2,1-3H3. The largest absolute Gasteiger partial charge is 0.491 e. The topological polar surface area (TPSA) is 92.7 Å². The summed E-state index contributed by atoms with van der Waals surface area (Å²) in [5, 5.41) is 10.6. The van der Waals surface area contributed by atoms with Gasteiger partial charge in [0.05, 0.1) is 26.9 Å². The molecule has 0 aliphatic rings. The Hall–Kier alpha value is -1.71. The van der Waals surface area contributed by atoms with Gasteiger partial charge in [0.2, 0.25) is 0 Å². The van der Waals surface area contributed by atoms with Crippen LogP contribution < -0.4 is 4.74 Å². The van der Waals surface area contributed by atoms with Crippen molar-refractivity contribution < 1.29 is 38.6 Å². The molecule has 8 heteroatoms. The van der Waals surface area contributed by atoms with Crippen molar-refractivity contribution in [3.05, 3.63) is 29.8 Å². The number of carbonyl (C=O) groups excluding carboxylic acids is 1. The molecule has 0 fully saturated rings. The van der Waals surface area contributed by atoms with Crippen molar-refractivity contribution in [2.75, 3.05) is 47.8 Å². The molecule has 0 heterocycles. The summed E-state index contributed by atoms with van der Waals surface area (Å²) in [5.74, 6) is -3.00. The van der Waals surface area contributed by atoms with E-state index in [9.17, 15) is 9.90 Å². The fourth-order valence-corrected chi connectivity index (χ4v) is 1.70. The van der Waals surface area contributed by atoms with Crippen molar-refractivity contribution in [3.8, 4) is 5.75 Å². The van der Waals surface area contributed by atoms with Gasteiger partial charge in [0.25, 0.3) is 5.79 Å². The third kappa shape index (κ3) is 5.77. The molecule has 0 aliphatic heterocycles. The first-order valence-corrected chi connectivity index (χ1v) is 6.91. The summed E-state index contributed by atoms with van der Waals surface area (Å²) in [6.07, 6.45) is 0. The van der Waals surface area contributed by atoms with Crippen molar-refractivity contribution in [1.29, 1.82) is 0 Å². The number of aliphatic hydroxyl groups is 1. The van der Waals surface area contributed by atoms with Crippen molar-refractivity contribution in [3.63, 3.8) is 0 Å². The summed E-state index contributed by atoms with van der Waals surface area (Å²) in [5.41, 5.74) is 0.144. The average Bonchev–Trinajstić information content (AvgIpc) is 2.55. The minimum Gasteiger partial charge on any atom is -0.491 e. The van der Waals surface area contributed by atoms with E-state index < -0.39 is 11.8 Å². The van der Waals surface area contributed by atoms with Crippen molar-refractivity contribution in [1.82, 2.24) is 0 Å². The van der Waals surface area contributed by atoms with Crippen LogP contribution in [0.2, 0.25) is 0 Å². The van der Waals surface area contributed by atoms with Crippen LogP contribution in [0.5, 0.6) is 5.75 Å². The van der Waals surface area contributed by atoms with Gasteiger partial charge in [0, 0.05) is 19.8 Å². The van der Waals surface area contributed by atoms with Gasteiger partial charge >= 0.3 is 5.97 Å². The Morgan fingerprint density at radius 2 is 1.78 bits per heavy atom. The van der Waals surface area contributed by atoms with Gasteiger partial charge in [-0.05, 0) is 12.1 Å². The van der Waals surface area contributed by atoms with Crippen LogP contribution >= 0.6 is 0 Å². The molecule has 8 nitrogen and oxygen atoms in total. The quantitative estimate of drug-likeness (QED) is 0.273. The molecule has 0 aliphatic carbocycles. The second kappa shape index (κ2) is 10.1. The van der Waals surface area contributed by atoms with Crippen LogP contribution in [-0.4, -0.2) is 58.8 Å². The molecule has 1 aromatic carbocycles. The summed E-state index contributed by atoms with van der Waals surface area (Å²) in [7, 11) is 4.18. The van der Waals surface area contributed by atoms with E-state index >= 15 is 0 Å². The Labute approximate surface area is 134 Å². The minimum atomic E-state index is -2.34. The van der Waals surface area contributed by atoms with E-state index in [1.54, 1.807) is 19.2 Å². The molecule has 23 heavy (non-hydrogen) atoms. The zero-order chi connectivity index (χ0) is 17.1. The summed E-state index contributed by atoms with van der Waals surface area (Å²) in [4.78, 5) is 20.7. The predicted molar refractivity (Wildman–Crippen MR) is 78.6 cm³/mol. The van der Waals surface area contributed by atoms with E-state index in [-0.39, 0.29) is 18.8 Å². The lowest BCUT2D eigenvalue weighted by Gasteiger charge is -2.25.